The van der Waals surface area contributed by atoms with Crippen LogP contribution >= 0.6 is 12.2 Å². The first-order valence-electron chi connectivity index (χ1n) is 12.7. The van der Waals surface area contributed by atoms with Gasteiger partial charge in [0.1, 0.15) is 0 Å². The van der Waals surface area contributed by atoms with Gasteiger partial charge >= 0.3 is 5.97 Å². The van der Waals surface area contributed by atoms with Gasteiger partial charge in [0.15, 0.2) is 5.11 Å². The molecular weight excluding hydrogens is 486 g/mol. The Balaban J connectivity index is 1.49. The van der Waals surface area contributed by atoms with Crippen LogP contribution in [0.5, 0.6) is 0 Å². The Kier molecular flexibility index (Phi) is 7.55. The molecule has 0 unspecified atom stereocenters. The zero-order chi connectivity index (χ0) is 25.9. The number of carboxylic acid groups (broad SMARTS) is 1. The molecule has 2 aliphatic rings. The van der Waals surface area contributed by atoms with Crippen molar-refractivity contribution in [3.63, 3.8) is 0 Å². The largest absolute Gasteiger partial charge is 0.478 e. The number of hydrogen-bond donors (Lipinski definition) is 2. The summed E-state index contributed by atoms with van der Waals surface area (Å²) in [6, 6.07) is 15.1. The van der Waals surface area contributed by atoms with Crippen LogP contribution in [0.3, 0.4) is 0 Å². The molecule has 0 spiro atoms. The van der Waals surface area contributed by atoms with Crippen LogP contribution < -0.4 is 5.32 Å². The summed E-state index contributed by atoms with van der Waals surface area (Å²) in [5, 5.41) is 13.8. The standard InChI is InChI=1S/C28H33N5O3S/c1-19-17-23(20(2)33(19)22-8-5-7-21(18-22)27(34)35)26-25(24-9-3-4-10-29-24)30-28(37)32(26)12-6-11-31-13-15-36-16-14-31/h3-5,7-10,17-18,25-26H,6,11-16H2,1-2H3,(H,30,37)(H,34,35)/t25-,26-/m0/s1. The van der Waals surface area contributed by atoms with E-state index in [0.29, 0.717) is 0 Å². The summed E-state index contributed by atoms with van der Waals surface area (Å²) in [7, 11) is 0. The second-order valence-electron chi connectivity index (χ2n) is 9.64. The minimum Gasteiger partial charge on any atom is -0.478 e. The number of hydrogen-bond acceptors (Lipinski definition) is 5. The lowest BCUT2D eigenvalue weighted by Gasteiger charge is -2.30. The summed E-state index contributed by atoms with van der Waals surface area (Å²) < 4.78 is 7.62. The maximum atomic E-state index is 11.6. The van der Waals surface area contributed by atoms with Gasteiger partial charge in [-0.05, 0) is 74.4 Å². The molecule has 1 aromatic carbocycles. The zero-order valence-electron chi connectivity index (χ0n) is 21.3. The summed E-state index contributed by atoms with van der Waals surface area (Å²) >= 11 is 5.87. The van der Waals surface area contributed by atoms with Gasteiger partial charge in [0.05, 0.1) is 36.6 Å². The lowest BCUT2D eigenvalue weighted by Crippen LogP contribution is -2.39. The summed E-state index contributed by atoms with van der Waals surface area (Å²) in [4.78, 5) is 21.0. The second-order valence-corrected chi connectivity index (χ2v) is 10.0. The van der Waals surface area contributed by atoms with Gasteiger partial charge in [0.25, 0.3) is 0 Å². The van der Waals surface area contributed by atoms with Crippen LogP contribution in [0, 0.1) is 13.8 Å². The van der Waals surface area contributed by atoms with Gasteiger partial charge < -0.3 is 24.6 Å². The van der Waals surface area contributed by atoms with Crippen molar-refractivity contribution in [2.75, 3.05) is 39.4 Å². The molecule has 3 aromatic rings. The normalized spacial score (nSPS) is 20.3. The van der Waals surface area contributed by atoms with E-state index in [9.17, 15) is 9.90 Å². The minimum absolute atomic E-state index is 0.0327. The third kappa shape index (κ3) is 5.25. The maximum absolute atomic E-state index is 11.6. The van der Waals surface area contributed by atoms with E-state index < -0.39 is 5.97 Å². The number of morpholine rings is 1. The van der Waals surface area contributed by atoms with E-state index in [2.05, 4.69) is 44.6 Å². The highest BCUT2D eigenvalue weighted by atomic mass is 32.1. The van der Waals surface area contributed by atoms with Crippen molar-refractivity contribution in [1.29, 1.82) is 0 Å². The average Bonchev–Trinajstić information content (AvgIpc) is 3.39. The lowest BCUT2D eigenvalue weighted by molar-refractivity contribution is 0.0365. The number of nitrogens with one attached hydrogen (secondary N) is 1. The molecule has 2 aromatic heterocycles. The van der Waals surface area contributed by atoms with Gasteiger partial charge in [0.2, 0.25) is 0 Å². The molecule has 0 radical (unpaired) electrons. The Morgan fingerprint density at radius 1 is 1.14 bits per heavy atom. The van der Waals surface area contributed by atoms with E-state index >= 15 is 0 Å². The van der Waals surface area contributed by atoms with Crippen molar-refractivity contribution >= 4 is 23.3 Å². The number of pyridine rings is 1. The Morgan fingerprint density at radius 3 is 2.68 bits per heavy atom. The van der Waals surface area contributed by atoms with Crippen molar-refractivity contribution in [3.8, 4) is 5.69 Å². The summed E-state index contributed by atoms with van der Waals surface area (Å²) in [5.74, 6) is -0.934. The van der Waals surface area contributed by atoms with E-state index in [0.717, 1.165) is 79.3 Å². The third-order valence-electron chi connectivity index (χ3n) is 7.32. The Labute approximate surface area is 222 Å². The number of carbonyl (C=O) groups is 1. The van der Waals surface area contributed by atoms with Gasteiger partial charge in [-0.25, -0.2) is 4.79 Å². The highest BCUT2D eigenvalue weighted by molar-refractivity contribution is 7.80. The molecule has 0 saturated carbocycles. The molecule has 8 nitrogen and oxygen atoms in total. The van der Waals surface area contributed by atoms with Crippen molar-refractivity contribution in [1.82, 2.24) is 24.7 Å². The average molecular weight is 520 g/mol. The number of nitrogens with zero attached hydrogens (tertiary/aromatic N) is 4. The molecule has 0 amide bonds. The van der Waals surface area contributed by atoms with Crippen LogP contribution in [-0.4, -0.2) is 74.9 Å². The molecule has 9 heteroatoms. The molecule has 2 N–H and O–H groups in total. The highest BCUT2D eigenvalue weighted by Gasteiger charge is 2.41. The molecule has 2 atom stereocenters. The van der Waals surface area contributed by atoms with E-state index in [1.54, 1.807) is 18.2 Å². The lowest BCUT2D eigenvalue weighted by atomic mass is 9.96. The van der Waals surface area contributed by atoms with Gasteiger partial charge in [-0.15, -0.1) is 0 Å². The van der Waals surface area contributed by atoms with Crippen molar-refractivity contribution < 1.29 is 14.6 Å². The molecule has 2 saturated heterocycles. The summed E-state index contributed by atoms with van der Waals surface area (Å²) in [6.07, 6.45) is 2.81. The van der Waals surface area contributed by atoms with E-state index in [-0.39, 0.29) is 17.6 Å². The number of rotatable bonds is 8. The predicted octanol–water partition coefficient (Wildman–Crippen LogP) is 3.88. The first kappa shape index (κ1) is 25.4. The van der Waals surface area contributed by atoms with Crippen LogP contribution in [0.15, 0.2) is 54.7 Å². The first-order chi connectivity index (χ1) is 17.9. The summed E-state index contributed by atoms with van der Waals surface area (Å²) in [6.45, 7) is 9.52. The molecule has 5 rings (SSSR count). The van der Waals surface area contributed by atoms with E-state index in [1.165, 1.54) is 0 Å². The molecule has 2 aliphatic heterocycles. The zero-order valence-corrected chi connectivity index (χ0v) is 22.1. The Hall–Kier alpha value is -3.27. The number of aromatic nitrogens is 2. The van der Waals surface area contributed by atoms with Crippen LogP contribution in [0.1, 0.15) is 51.5 Å². The second kappa shape index (κ2) is 11.0. The number of benzene rings is 1. The number of thiocarbonyl (C=S) groups is 1. The predicted molar refractivity (Wildman–Crippen MR) is 146 cm³/mol. The van der Waals surface area contributed by atoms with Crippen molar-refractivity contribution in [2.24, 2.45) is 0 Å². The number of aryl methyl sites for hydroxylation is 1. The molecule has 194 valence electrons. The molecule has 4 heterocycles. The monoisotopic (exact) mass is 519 g/mol. The minimum atomic E-state index is -0.934. The SMILES string of the molecule is Cc1cc([C@H]2[C@H](c3ccccn3)NC(=S)N2CCCN2CCOCC2)c(C)n1-c1cccc(C(=O)O)c1. The van der Waals surface area contributed by atoms with Crippen LogP contribution in [0.2, 0.25) is 0 Å². The summed E-state index contributed by atoms with van der Waals surface area (Å²) in [5.41, 5.74) is 5.32. The van der Waals surface area contributed by atoms with Crippen LogP contribution in [0.4, 0.5) is 0 Å². The Morgan fingerprint density at radius 2 is 1.95 bits per heavy atom. The fourth-order valence-corrected chi connectivity index (χ4v) is 5.87. The maximum Gasteiger partial charge on any atom is 0.335 e. The van der Waals surface area contributed by atoms with E-state index in [4.69, 9.17) is 17.0 Å². The van der Waals surface area contributed by atoms with Gasteiger partial charge in [-0.1, -0.05) is 12.1 Å². The van der Waals surface area contributed by atoms with Gasteiger partial charge in [0, 0.05) is 49.5 Å². The molecule has 0 bridgehead atoms. The number of aromatic carboxylic acids is 1. The van der Waals surface area contributed by atoms with Crippen LogP contribution in [-0.2, 0) is 4.74 Å². The topological polar surface area (TPSA) is 82.9 Å². The fourth-order valence-electron chi connectivity index (χ4n) is 5.54. The van der Waals surface area contributed by atoms with E-state index in [1.807, 2.05) is 30.5 Å². The third-order valence-corrected chi connectivity index (χ3v) is 7.67. The molecule has 0 aliphatic carbocycles. The number of carboxylic acids is 1. The Bertz CT molecular complexity index is 1270. The van der Waals surface area contributed by atoms with Crippen molar-refractivity contribution in [2.45, 2.75) is 32.4 Å². The first-order valence-corrected chi connectivity index (χ1v) is 13.2. The van der Waals surface area contributed by atoms with Gasteiger partial charge in [-0.2, -0.15) is 0 Å². The fraction of sp³-hybridized carbons (Fsp3) is 0.393. The molecule has 2 fully saturated rings. The van der Waals surface area contributed by atoms with Crippen LogP contribution in [0.25, 0.3) is 5.69 Å². The molecular formula is C28H33N5O3S. The smallest absolute Gasteiger partial charge is 0.335 e. The van der Waals surface area contributed by atoms with Gasteiger partial charge in [-0.3, -0.25) is 9.88 Å². The number of ether oxygens (including phenoxy) is 1. The van der Waals surface area contributed by atoms with Crippen molar-refractivity contribution in [3.05, 3.63) is 82.9 Å². The highest BCUT2D eigenvalue weighted by Crippen LogP contribution is 2.41. The molecule has 37 heavy (non-hydrogen) atoms. The quantitative estimate of drug-likeness (QED) is 0.434.